The first kappa shape index (κ1) is 24.7. The van der Waals surface area contributed by atoms with Gasteiger partial charge in [-0.25, -0.2) is 0 Å². The molecule has 0 aromatic rings. The van der Waals surface area contributed by atoms with E-state index in [4.69, 9.17) is 23.6 Å². The van der Waals surface area contributed by atoms with E-state index in [-0.39, 0.29) is 7.43 Å². The Hall–Kier alpha value is 1.47. The second-order valence-corrected chi connectivity index (χ2v) is 13.8. The van der Waals surface area contributed by atoms with Gasteiger partial charge in [0.1, 0.15) is 0 Å². The Balaban J connectivity index is 0. The molecule has 1 rings (SSSR count). The van der Waals surface area contributed by atoms with Gasteiger partial charge in [0, 0.05) is 0 Å². The molecule has 0 radical (unpaired) electrons. The van der Waals surface area contributed by atoms with Gasteiger partial charge in [-0.2, -0.15) is 6.54 Å². The third kappa shape index (κ3) is 7.27. The molecule has 128 valence electrons. The first-order chi connectivity index (χ1) is 9.24. The normalized spacial score (nSPS) is 32.0. The molecule has 0 amide bonds. The summed E-state index contributed by atoms with van der Waals surface area (Å²) in [7, 11) is 8.39. The zero-order valence-electron chi connectivity index (χ0n) is 15.2. The summed E-state index contributed by atoms with van der Waals surface area (Å²) in [4.78, 5) is 5.14. The minimum absolute atomic E-state index is 0. The monoisotopic (exact) mass is 387 g/mol. The summed E-state index contributed by atoms with van der Waals surface area (Å²) >= 11 is -0.556. The molecule has 21 heavy (non-hydrogen) atoms. The second-order valence-electron chi connectivity index (χ2n) is 6.92. The van der Waals surface area contributed by atoms with Crippen LogP contribution in [0.2, 0.25) is 18.6 Å². The zero-order chi connectivity index (χ0) is 15.9. The van der Waals surface area contributed by atoms with E-state index in [1.54, 1.807) is 0 Å². The molecule has 1 nitrogen and oxygen atoms in total. The van der Waals surface area contributed by atoms with Crippen LogP contribution in [0.4, 0.5) is 0 Å². The summed E-state index contributed by atoms with van der Waals surface area (Å²) in [5.74, 6) is 3.49. The Morgan fingerprint density at radius 2 is 1.33 bits per heavy atom. The van der Waals surface area contributed by atoms with Gasteiger partial charge in [0.05, 0.1) is 0 Å². The predicted molar refractivity (Wildman–Crippen MR) is 99.1 cm³/mol. The first-order valence-electron chi connectivity index (χ1n) is 7.89. The van der Waals surface area contributed by atoms with Gasteiger partial charge in [-0.1, -0.05) is 74.3 Å². The summed E-state index contributed by atoms with van der Waals surface area (Å²) in [6.45, 7) is 18.2. The van der Waals surface area contributed by atoms with Crippen LogP contribution >= 0.6 is 18.6 Å². The quantitative estimate of drug-likeness (QED) is 0.270. The van der Waals surface area contributed by atoms with Crippen LogP contribution in [0.15, 0.2) is 0 Å². The Labute approximate surface area is 152 Å². The van der Waals surface area contributed by atoms with E-state index in [0.29, 0.717) is 0 Å². The van der Waals surface area contributed by atoms with E-state index >= 15 is 0 Å². The molecule has 0 aromatic carbocycles. The molecule has 0 spiro atoms. The van der Waals surface area contributed by atoms with Crippen LogP contribution in [0.5, 0.6) is 0 Å². The number of hydrogen-bond acceptors (Lipinski definition) is 0. The number of nitrogens with zero attached hydrogens (tertiary/aromatic N) is 1. The van der Waals surface area contributed by atoms with Crippen LogP contribution in [0.1, 0.15) is 47.5 Å². The predicted octanol–water partition coefficient (Wildman–Crippen LogP) is 7.12. The molecule has 1 aliphatic carbocycles. The fourth-order valence-electron chi connectivity index (χ4n) is 4.01. The molecule has 0 bridgehead atoms. The zero-order valence-corrected chi connectivity index (χ0v) is 19.3. The van der Waals surface area contributed by atoms with Crippen LogP contribution in [0, 0.1) is 31.1 Å². The molecular weight excluding hydrogens is 353 g/mol. The van der Waals surface area contributed by atoms with Crippen molar-refractivity contribution in [2.45, 2.75) is 66.1 Å². The Kier molecular flexibility index (Phi) is 14.0. The van der Waals surface area contributed by atoms with Crippen LogP contribution < -0.4 is 0 Å². The van der Waals surface area contributed by atoms with Gasteiger partial charge in [0.2, 0.25) is 0 Å². The number of hydrogen-bond donors (Lipinski definition) is 0. The van der Waals surface area contributed by atoms with E-state index < -0.39 is 25.3 Å². The van der Waals surface area contributed by atoms with E-state index in [2.05, 4.69) is 47.7 Å². The van der Waals surface area contributed by atoms with Crippen molar-refractivity contribution < 1.29 is 17.0 Å². The maximum atomic E-state index is 5.14. The molecule has 1 aliphatic rings. The number of halogens is 2. The molecule has 0 heterocycles. The molecule has 0 N–H and O–H groups in total. The summed E-state index contributed by atoms with van der Waals surface area (Å²) in [6, 6.07) is 0. The van der Waals surface area contributed by atoms with Gasteiger partial charge in [-0.05, 0) is 23.7 Å². The topological polar surface area (TPSA) is 14.1 Å². The maximum absolute atomic E-state index is 5.14. The summed E-state index contributed by atoms with van der Waals surface area (Å²) in [6.07, 6.45) is 2.55. The summed E-state index contributed by atoms with van der Waals surface area (Å²) < 4.78 is 0. The third-order valence-corrected chi connectivity index (χ3v) is 9.19. The van der Waals surface area contributed by atoms with Gasteiger partial charge < -0.3 is 12.4 Å². The van der Waals surface area contributed by atoms with Crippen LogP contribution in [0.25, 0.3) is 4.98 Å². The molecule has 4 atom stereocenters. The number of unbranched alkanes of at least 4 members (excludes halogenated alkanes) is 1. The summed E-state index contributed by atoms with van der Waals surface area (Å²) in [5.41, 5.74) is 0.893. The Bertz CT molecular complexity index is 253. The average Bonchev–Trinajstić information content (AvgIpc) is 2.55. The SMILES string of the molecule is CCCC[N-][Si](C)(C)C1C(C)C(C)C(C)C1C.[CH3-].[Cl][Ti][Cl]. The Morgan fingerprint density at radius 1 is 0.952 bits per heavy atom. The molecule has 0 saturated heterocycles. The molecule has 0 aliphatic heterocycles. The number of rotatable bonds is 5. The van der Waals surface area contributed by atoms with E-state index in [0.717, 1.165) is 35.8 Å². The summed E-state index contributed by atoms with van der Waals surface area (Å²) in [5, 5.41) is 0. The van der Waals surface area contributed by atoms with Crippen molar-refractivity contribution in [3.63, 3.8) is 0 Å². The molecule has 4 unspecified atom stereocenters. The molecular formula is C16H35Cl2NSiTi-2. The van der Waals surface area contributed by atoms with Gasteiger partial charge in [-0.3, -0.25) is 0 Å². The van der Waals surface area contributed by atoms with Crippen molar-refractivity contribution in [1.82, 2.24) is 0 Å². The minimum atomic E-state index is -1.39. The van der Waals surface area contributed by atoms with E-state index in [9.17, 15) is 0 Å². The molecule has 5 heteroatoms. The van der Waals surface area contributed by atoms with Crippen molar-refractivity contribution >= 4 is 26.8 Å². The van der Waals surface area contributed by atoms with Gasteiger partial charge in [-0.15, -0.1) is 0 Å². The second kappa shape index (κ2) is 11.9. The standard InChI is InChI=1S/C15H32NSi.CH3.2ClH.Ti/c1-8-9-10-16-17(6,7)15-13(4)11(2)12(3)14(15)5;;;;/h11-15H,8-10H2,1-7H3;1H3;2*1H;/q2*-1;;;+2/p-2. The average molecular weight is 388 g/mol. The first-order valence-corrected chi connectivity index (χ1v) is 15.2. The van der Waals surface area contributed by atoms with Crippen LogP contribution in [-0.4, -0.2) is 14.8 Å². The molecule has 0 aromatic heterocycles. The van der Waals surface area contributed by atoms with Crippen molar-refractivity contribution in [2.24, 2.45) is 23.7 Å². The van der Waals surface area contributed by atoms with Crippen LogP contribution in [0.3, 0.4) is 0 Å². The molecule has 1 saturated carbocycles. The van der Waals surface area contributed by atoms with E-state index in [1.807, 2.05) is 0 Å². The van der Waals surface area contributed by atoms with Crippen LogP contribution in [-0.2, 0) is 17.0 Å². The van der Waals surface area contributed by atoms with Crippen molar-refractivity contribution in [3.05, 3.63) is 12.4 Å². The molecule has 1 fully saturated rings. The van der Waals surface area contributed by atoms with E-state index in [1.165, 1.54) is 12.8 Å². The van der Waals surface area contributed by atoms with Crippen molar-refractivity contribution in [2.75, 3.05) is 6.54 Å². The van der Waals surface area contributed by atoms with Gasteiger partial charge in [0.15, 0.2) is 0 Å². The van der Waals surface area contributed by atoms with Crippen molar-refractivity contribution in [1.29, 1.82) is 0 Å². The fraction of sp³-hybridized carbons (Fsp3) is 0.938. The fourth-order valence-corrected chi connectivity index (χ4v) is 8.13. The third-order valence-electron chi connectivity index (χ3n) is 5.47. The van der Waals surface area contributed by atoms with Gasteiger partial charge >= 0.3 is 35.6 Å². The van der Waals surface area contributed by atoms with Gasteiger partial charge in [0.25, 0.3) is 0 Å². The Morgan fingerprint density at radius 3 is 1.67 bits per heavy atom. The van der Waals surface area contributed by atoms with Crippen molar-refractivity contribution in [3.8, 4) is 0 Å².